The molecule has 1 aliphatic carbocycles. The Morgan fingerprint density at radius 3 is 1.98 bits per heavy atom. The molecule has 204 valence electrons. The molecule has 1 aliphatic rings. The van der Waals surface area contributed by atoms with Gasteiger partial charge in [-0.3, -0.25) is 4.40 Å². The number of benzene rings is 4. The highest BCUT2D eigenvalue weighted by Gasteiger charge is 2.17. The Morgan fingerprint density at radius 1 is 0.512 bits per heavy atom. The van der Waals surface area contributed by atoms with E-state index in [2.05, 4.69) is 106 Å². The molecule has 8 bridgehead atoms. The Balaban J connectivity index is 1.56. The minimum atomic E-state index is 0.585. The molecular formula is C38H26N4O. The zero-order valence-corrected chi connectivity index (χ0v) is 23.4. The van der Waals surface area contributed by atoms with E-state index in [0.717, 1.165) is 75.5 Å². The van der Waals surface area contributed by atoms with Crippen LogP contribution in [0.15, 0.2) is 114 Å². The first-order valence-electron chi connectivity index (χ1n) is 15.1. The second-order valence-corrected chi connectivity index (χ2v) is 11.7. The molecule has 0 N–H and O–H groups in total. The quantitative estimate of drug-likeness (QED) is 0.188. The number of para-hydroxylation sites is 2. The number of aromatic nitrogens is 4. The minimum Gasteiger partial charge on any atom is -0.439 e. The molecule has 0 amide bonds. The van der Waals surface area contributed by atoms with Crippen molar-refractivity contribution in [2.45, 2.75) is 25.7 Å². The van der Waals surface area contributed by atoms with E-state index >= 15 is 0 Å². The Bertz CT molecular complexity index is 2690. The van der Waals surface area contributed by atoms with Crippen molar-refractivity contribution < 1.29 is 4.42 Å². The van der Waals surface area contributed by atoms with Crippen LogP contribution in [0.1, 0.15) is 24.0 Å². The Labute approximate surface area is 245 Å². The van der Waals surface area contributed by atoms with E-state index < -0.39 is 0 Å². The third-order valence-corrected chi connectivity index (χ3v) is 9.28. The molecule has 0 aliphatic heterocycles. The van der Waals surface area contributed by atoms with Gasteiger partial charge < -0.3 is 8.82 Å². The molecule has 0 atom stereocenters. The smallest absolute Gasteiger partial charge is 0.219 e. The van der Waals surface area contributed by atoms with Crippen LogP contribution < -0.4 is 0 Å². The Morgan fingerprint density at radius 2 is 1.19 bits per heavy atom. The summed E-state index contributed by atoms with van der Waals surface area (Å²) in [6.45, 7) is 0. The first-order valence-corrected chi connectivity index (χ1v) is 15.1. The summed E-state index contributed by atoms with van der Waals surface area (Å²) in [5.41, 5.74) is 12.3. The standard InChI is InChI=1S/C38H26N4O/c1-2-9-24-17-19-36-40-38(24)37-23(8-1)16-18-35(39-37)42-32-15-6-4-13-28(32)30-21-29-27-12-3-5-14-31(27)41(33(29)22-34(30)42)25-10-7-11-26(20-25)43-36/h3-7,10-22H,1-2,8-9H2. The topological polar surface area (TPSA) is 47.7 Å². The van der Waals surface area contributed by atoms with Gasteiger partial charge >= 0.3 is 0 Å². The molecule has 0 unspecified atom stereocenters. The highest BCUT2D eigenvalue weighted by Crippen LogP contribution is 2.37. The molecule has 10 rings (SSSR count). The van der Waals surface area contributed by atoms with Crippen molar-refractivity contribution >= 4 is 77.1 Å². The third kappa shape index (κ3) is 3.27. The van der Waals surface area contributed by atoms with E-state index in [0.29, 0.717) is 5.71 Å². The lowest BCUT2D eigenvalue weighted by atomic mass is 9.98. The highest BCUT2D eigenvalue weighted by atomic mass is 16.3. The third-order valence-electron chi connectivity index (χ3n) is 9.28. The van der Waals surface area contributed by atoms with E-state index in [4.69, 9.17) is 14.4 Å². The van der Waals surface area contributed by atoms with Crippen LogP contribution in [0, 0.1) is 0 Å². The van der Waals surface area contributed by atoms with Gasteiger partial charge in [-0.25, -0.2) is 9.97 Å². The fraction of sp³-hybridized carbons (Fsp3) is 0.105. The fourth-order valence-electron chi connectivity index (χ4n) is 7.34. The molecule has 0 spiro atoms. The number of rotatable bonds is 0. The summed E-state index contributed by atoms with van der Waals surface area (Å²) in [7, 11) is 0. The highest BCUT2D eigenvalue weighted by molar-refractivity contribution is 6.19. The van der Waals surface area contributed by atoms with Crippen molar-refractivity contribution in [1.82, 2.24) is 18.8 Å². The number of hydrogen-bond acceptors (Lipinski definition) is 3. The van der Waals surface area contributed by atoms with E-state index in [1.165, 1.54) is 32.7 Å². The maximum Gasteiger partial charge on any atom is 0.219 e. The largest absolute Gasteiger partial charge is 0.439 e. The summed E-state index contributed by atoms with van der Waals surface area (Å²) >= 11 is 0. The van der Waals surface area contributed by atoms with Gasteiger partial charge in [0.2, 0.25) is 5.71 Å². The fourth-order valence-corrected chi connectivity index (χ4v) is 7.34. The maximum atomic E-state index is 6.47. The molecule has 5 aromatic heterocycles. The van der Waals surface area contributed by atoms with Gasteiger partial charge in [-0.15, -0.1) is 0 Å². The molecular weight excluding hydrogens is 528 g/mol. The van der Waals surface area contributed by atoms with Gasteiger partial charge in [-0.2, -0.15) is 0 Å². The lowest BCUT2D eigenvalue weighted by Gasteiger charge is -2.12. The summed E-state index contributed by atoms with van der Waals surface area (Å²) in [5, 5.41) is 4.90. The van der Waals surface area contributed by atoms with Gasteiger partial charge in [0.1, 0.15) is 11.2 Å². The van der Waals surface area contributed by atoms with Crippen LogP contribution in [0.25, 0.3) is 77.1 Å². The molecule has 5 heterocycles. The van der Waals surface area contributed by atoms with Crippen molar-refractivity contribution in [2.24, 2.45) is 0 Å². The summed E-state index contributed by atoms with van der Waals surface area (Å²) in [6.07, 6.45) is 4.24. The number of hydrogen-bond donors (Lipinski definition) is 0. The SMILES string of the molecule is c1ccc2c(c1)c1cc3c4ccccc4n4c5ccc6c(n5)c5nc(ccc5CCCC6)oc5cccc(c5)n2c1cc34. The van der Waals surface area contributed by atoms with Crippen molar-refractivity contribution in [2.75, 3.05) is 0 Å². The summed E-state index contributed by atoms with van der Waals surface area (Å²) < 4.78 is 11.2. The first-order chi connectivity index (χ1) is 21.3. The molecule has 0 radical (unpaired) electrons. The van der Waals surface area contributed by atoms with Crippen molar-refractivity contribution in [3.8, 4) is 0 Å². The normalized spacial score (nSPS) is 13.7. The van der Waals surface area contributed by atoms with Crippen LogP contribution >= 0.6 is 0 Å². The Kier molecular flexibility index (Phi) is 4.61. The summed E-state index contributed by atoms with van der Waals surface area (Å²) in [4.78, 5) is 10.6. The molecule has 0 saturated heterocycles. The summed E-state index contributed by atoms with van der Waals surface area (Å²) in [5.74, 6) is 0. The first kappa shape index (κ1) is 23.2. The summed E-state index contributed by atoms with van der Waals surface area (Å²) in [6, 6.07) is 39.1. The minimum absolute atomic E-state index is 0.585. The number of fused-ring (bicyclic) bond motifs is 12. The lowest BCUT2D eigenvalue weighted by molar-refractivity contribution is 0.641. The second kappa shape index (κ2) is 8.55. The van der Waals surface area contributed by atoms with Gasteiger partial charge in [0.15, 0.2) is 0 Å². The Hall–Kier alpha value is -5.42. The van der Waals surface area contributed by atoms with Gasteiger partial charge in [-0.1, -0.05) is 54.6 Å². The lowest BCUT2D eigenvalue weighted by Crippen LogP contribution is -2.00. The monoisotopic (exact) mass is 554 g/mol. The molecule has 0 fully saturated rings. The molecule has 4 aromatic carbocycles. The van der Waals surface area contributed by atoms with Gasteiger partial charge in [0, 0.05) is 39.2 Å². The number of pyridine rings is 2. The average molecular weight is 555 g/mol. The van der Waals surface area contributed by atoms with Crippen LogP contribution in [0.4, 0.5) is 0 Å². The van der Waals surface area contributed by atoms with Gasteiger partial charge in [-0.05, 0) is 79.3 Å². The van der Waals surface area contributed by atoms with E-state index in [9.17, 15) is 0 Å². The van der Waals surface area contributed by atoms with E-state index in [-0.39, 0.29) is 0 Å². The van der Waals surface area contributed by atoms with Crippen LogP contribution in [0.3, 0.4) is 0 Å². The molecule has 5 heteroatoms. The average Bonchev–Trinajstić information content (AvgIpc) is 3.53. The van der Waals surface area contributed by atoms with Gasteiger partial charge in [0.25, 0.3) is 0 Å². The molecule has 5 nitrogen and oxygen atoms in total. The van der Waals surface area contributed by atoms with E-state index in [1.54, 1.807) is 0 Å². The van der Waals surface area contributed by atoms with Crippen LogP contribution in [-0.4, -0.2) is 18.8 Å². The number of nitrogens with zero attached hydrogens (tertiary/aromatic N) is 4. The van der Waals surface area contributed by atoms with E-state index in [1.807, 2.05) is 12.1 Å². The van der Waals surface area contributed by atoms with Crippen molar-refractivity contribution in [3.63, 3.8) is 0 Å². The maximum absolute atomic E-state index is 6.47. The van der Waals surface area contributed by atoms with Crippen molar-refractivity contribution in [3.05, 3.63) is 120 Å². The van der Waals surface area contributed by atoms with Crippen LogP contribution in [0.5, 0.6) is 0 Å². The zero-order chi connectivity index (χ0) is 28.1. The van der Waals surface area contributed by atoms with Gasteiger partial charge in [0.05, 0.1) is 33.1 Å². The predicted octanol–water partition coefficient (Wildman–Crippen LogP) is 9.50. The molecule has 0 saturated carbocycles. The number of aryl methyl sites for hydroxylation is 2. The molecule has 43 heavy (non-hydrogen) atoms. The second-order valence-electron chi connectivity index (χ2n) is 11.7. The predicted molar refractivity (Wildman–Crippen MR) is 176 cm³/mol. The van der Waals surface area contributed by atoms with Crippen LogP contribution in [-0.2, 0) is 12.8 Å². The zero-order valence-electron chi connectivity index (χ0n) is 23.4. The van der Waals surface area contributed by atoms with Crippen molar-refractivity contribution in [1.29, 1.82) is 0 Å². The molecule has 9 aromatic rings. The van der Waals surface area contributed by atoms with Crippen LogP contribution in [0.2, 0.25) is 0 Å².